The summed E-state index contributed by atoms with van der Waals surface area (Å²) in [5.41, 5.74) is -0.191. The predicted molar refractivity (Wildman–Crippen MR) is 52.0 cm³/mol. The van der Waals surface area contributed by atoms with Crippen molar-refractivity contribution in [3.8, 4) is 6.07 Å². The molecule has 0 bridgehead atoms. The normalized spacial score (nSPS) is 11.4. The maximum atomic E-state index is 12.8. The van der Waals surface area contributed by atoms with Crippen LogP contribution >= 0.6 is 0 Å². The number of benzene rings is 1. The standard InChI is InChI=1S/C9H9FN2O2S/c1-12(2)15(13,14)9-4-3-8(10)5-7(9)6-11/h3-5H,1-2H3. The number of rotatable bonds is 2. The Kier molecular flexibility index (Phi) is 3.07. The highest BCUT2D eigenvalue weighted by atomic mass is 32.2. The number of sulfonamides is 1. The van der Waals surface area contributed by atoms with Crippen molar-refractivity contribution >= 4 is 10.0 Å². The molecule has 1 aromatic rings. The molecule has 0 saturated heterocycles. The fraction of sp³-hybridized carbons (Fsp3) is 0.222. The largest absolute Gasteiger partial charge is 0.243 e. The highest BCUT2D eigenvalue weighted by Crippen LogP contribution is 2.18. The monoisotopic (exact) mass is 228 g/mol. The lowest BCUT2D eigenvalue weighted by Crippen LogP contribution is -2.23. The molecule has 6 heteroatoms. The van der Waals surface area contributed by atoms with Crippen LogP contribution in [0.2, 0.25) is 0 Å². The summed E-state index contributed by atoms with van der Waals surface area (Å²) in [6.07, 6.45) is 0. The minimum absolute atomic E-state index is 0.184. The second-order valence-electron chi connectivity index (χ2n) is 3.04. The summed E-state index contributed by atoms with van der Waals surface area (Å²) in [5, 5.41) is 8.69. The van der Waals surface area contributed by atoms with E-state index in [1.54, 1.807) is 6.07 Å². The Balaban J connectivity index is 3.47. The molecule has 0 amide bonds. The lowest BCUT2D eigenvalue weighted by atomic mass is 10.2. The van der Waals surface area contributed by atoms with Crippen molar-refractivity contribution in [2.24, 2.45) is 0 Å². The molecule has 0 heterocycles. The van der Waals surface area contributed by atoms with Gasteiger partial charge in [-0.25, -0.2) is 17.1 Å². The van der Waals surface area contributed by atoms with E-state index in [1.165, 1.54) is 14.1 Å². The average Bonchev–Trinajstić information content (AvgIpc) is 2.16. The zero-order chi connectivity index (χ0) is 11.6. The molecule has 0 aliphatic heterocycles. The van der Waals surface area contributed by atoms with E-state index in [0.717, 1.165) is 22.5 Å². The van der Waals surface area contributed by atoms with Crippen LogP contribution in [0.3, 0.4) is 0 Å². The summed E-state index contributed by atoms with van der Waals surface area (Å²) in [4.78, 5) is -0.184. The van der Waals surface area contributed by atoms with E-state index in [-0.39, 0.29) is 10.5 Å². The van der Waals surface area contributed by atoms with Crippen molar-refractivity contribution < 1.29 is 12.8 Å². The molecule has 0 atom stereocenters. The molecule has 0 radical (unpaired) electrons. The highest BCUT2D eigenvalue weighted by molar-refractivity contribution is 7.89. The SMILES string of the molecule is CN(C)S(=O)(=O)c1ccc(F)cc1C#N. The van der Waals surface area contributed by atoms with Crippen molar-refractivity contribution in [2.45, 2.75) is 4.90 Å². The highest BCUT2D eigenvalue weighted by Gasteiger charge is 2.21. The van der Waals surface area contributed by atoms with Gasteiger partial charge in [0.25, 0.3) is 0 Å². The second-order valence-corrected chi connectivity index (χ2v) is 5.16. The Labute approximate surface area is 87.6 Å². The minimum atomic E-state index is -3.69. The molecular formula is C9H9FN2O2S. The van der Waals surface area contributed by atoms with Gasteiger partial charge in [-0.2, -0.15) is 5.26 Å². The smallest absolute Gasteiger partial charge is 0.207 e. The van der Waals surface area contributed by atoms with E-state index in [1.807, 2.05) is 0 Å². The molecule has 0 aliphatic rings. The first-order valence-corrected chi connectivity index (χ1v) is 5.46. The zero-order valence-corrected chi connectivity index (χ0v) is 9.05. The van der Waals surface area contributed by atoms with Crippen LogP contribution in [-0.4, -0.2) is 26.8 Å². The van der Waals surface area contributed by atoms with E-state index >= 15 is 0 Å². The Morgan fingerprint density at radius 2 is 2.00 bits per heavy atom. The van der Waals surface area contributed by atoms with Gasteiger partial charge in [-0.1, -0.05) is 0 Å². The third-order valence-corrected chi connectivity index (χ3v) is 3.69. The minimum Gasteiger partial charge on any atom is -0.207 e. The van der Waals surface area contributed by atoms with Crippen molar-refractivity contribution in [1.82, 2.24) is 4.31 Å². The van der Waals surface area contributed by atoms with Crippen LogP contribution < -0.4 is 0 Å². The third-order valence-electron chi connectivity index (χ3n) is 1.82. The first-order valence-electron chi connectivity index (χ1n) is 4.02. The van der Waals surface area contributed by atoms with Gasteiger partial charge < -0.3 is 0 Å². The quantitative estimate of drug-likeness (QED) is 0.757. The van der Waals surface area contributed by atoms with Gasteiger partial charge >= 0.3 is 0 Å². The average molecular weight is 228 g/mol. The van der Waals surface area contributed by atoms with Gasteiger partial charge in [0.1, 0.15) is 16.8 Å². The molecule has 0 aromatic heterocycles. The van der Waals surface area contributed by atoms with E-state index in [9.17, 15) is 12.8 Å². The van der Waals surface area contributed by atoms with Crippen LogP contribution in [-0.2, 0) is 10.0 Å². The topological polar surface area (TPSA) is 61.2 Å². The fourth-order valence-corrected chi connectivity index (χ4v) is 2.03. The molecular weight excluding hydrogens is 219 g/mol. The molecule has 0 N–H and O–H groups in total. The molecule has 1 rings (SSSR count). The van der Waals surface area contributed by atoms with Crippen molar-refractivity contribution in [3.05, 3.63) is 29.6 Å². The molecule has 0 aliphatic carbocycles. The zero-order valence-electron chi connectivity index (χ0n) is 8.23. The third kappa shape index (κ3) is 2.14. The lowest BCUT2D eigenvalue weighted by Gasteiger charge is -2.12. The maximum absolute atomic E-state index is 12.8. The summed E-state index contributed by atoms with van der Waals surface area (Å²) >= 11 is 0. The Hall–Kier alpha value is -1.45. The molecule has 0 fully saturated rings. The van der Waals surface area contributed by atoms with Gasteiger partial charge in [-0.3, -0.25) is 0 Å². The van der Waals surface area contributed by atoms with E-state index in [0.29, 0.717) is 0 Å². The van der Waals surface area contributed by atoms with E-state index < -0.39 is 15.8 Å². The summed E-state index contributed by atoms with van der Waals surface area (Å²) in [6.45, 7) is 0. The molecule has 1 aromatic carbocycles. The molecule has 0 saturated carbocycles. The van der Waals surface area contributed by atoms with Crippen LogP contribution in [0.1, 0.15) is 5.56 Å². The summed E-state index contributed by atoms with van der Waals surface area (Å²) in [5.74, 6) is -0.635. The first kappa shape index (κ1) is 11.6. The van der Waals surface area contributed by atoms with Gasteiger partial charge in [0, 0.05) is 14.1 Å². The van der Waals surface area contributed by atoms with Crippen molar-refractivity contribution in [1.29, 1.82) is 5.26 Å². The number of hydrogen-bond acceptors (Lipinski definition) is 3. The van der Waals surface area contributed by atoms with E-state index in [2.05, 4.69) is 0 Å². The number of nitriles is 1. The predicted octanol–water partition coefficient (Wildman–Crippen LogP) is 0.948. The fourth-order valence-electron chi connectivity index (χ4n) is 1.01. The van der Waals surface area contributed by atoms with Crippen molar-refractivity contribution in [3.63, 3.8) is 0 Å². The molecule has 80 valence electrons. The summed E-state index contributed by atoms with van der Waals surface area (Å²) in [7, 11) is -0.998. The molecule has 0 spiro atoms. The maximum Gasteiger partial charge on any atom is 0.243 e. The van der Waals surface area contributed by atoms with Gasteiger partial charge in [0.05, 0.1) is 5.56 Å². The second kappa shape index (κ2) is 3.96. The Morgan fingerprint density at radius 1 is 1.40 bits per heavy atom. The van der Waals surface area contributed by atoms with Gasteiger partial charge in [-0.05, 0) is 18.2 Å². The Bertz CT molecular complexity index is 517. The number of hydrogen-bond donors (Lipinski definition) is 0. The number of halogens is 1. The summed E-state index contributed by atoms with van der Waals surface area (Å²) in [6, 6.07) is 4.65. The van der Waals surface area contributed by atoms with Gasteiger partial charge in [0.15, 0.2) is 0 Å². The van der Waals surface area contributed by atoms with E-state index in [4.69, 9.17) is 5.26 Å². The van der Waals surface area contributed by atoms with Crippen LogP contribution in [0.4, 0.5) is 4.39 Å². The Morgan fingerprint density at radius 3 is 2.47 bits per heavy atom. The van der Waals surface area contributed by atoms with Crippen LogP contribution in [0.15, 0.2) is 23.1 Å². The molecule has 15 heavy (non-hydrogen) atoms. The molecule has 4 nitrogen and oxygen atoms in total. The first-order chi connectivity index (χ1) is 6.89. The van der Waals surface area contributed by atoms with Gasteiger partial charge in [0.2, 0.25) is 10.0 Å². The lowest BCUT2D eigenvalue weighted by molar-refractivity contribution is 0.520. The van der Waals surface area contributed by atoms with Crippen LogP contribution in [0, 0.1) is 17.1 Å². The van der Waals surface area contributed by atoms with Crippen LogP contribution in [0.25, 0.3) is 0 Å². The number of nitrogens with zero attached hydrogens (tertiary/aromatic N) is 2. The summed E-state index contributed by atoms with van der Waals surface area (Å²) < 4.78 is 37.1. The van der Waals surface area contributed by atoms with Crippen molar-refractivity contribution in [2.75, 3.05) is 14.1 Å². The van der Waals surface area contributed by atoms with Gasteiger partial charge in [-0.15, -0.1) is 0 Å². The molecule has 0 unspecified atom stereocenters. The van der Waals surface area contributed by atoms with Crippen LogP contribution in [0.5, 0.6) is 0 Å².